The van der Waals surface area contributed by atoms with E-state index in [0.717, 1.165) is 5.56 Å². The van der Waals surface area contributed by atoms with E-state index in [1.807, 2.05) is 12.1 Å². The molecule has 2 aromatic rings. The van der Waals surface area contributed by atoms with Crippen LogP contribution in [0.3, 0.4) is 0 Å². The second-order valence-electron chi connectivity index (χ2n) is 5.94. The highest BCUT2D eigenvalue weighted by molar-refractivity contribution is 7.80. The van der Waals surface area contributed by atoms with Crippen molar-refractivity contribution in [2.45, 2.75) is 26.7 Å². The molecule has 2 N–H and O–H groups in total. The minimum absolute atomic E-state index is 0.00301. The number of aryl methyl sites for hydroxylation is 1. The lowest BCUT2D eigenvalue weighted by atomic mass is 10.0. The van der Waals surface area contributed by atoms with Crippen LogP contribution in [0.15, 0.2) is 42.5 Å². The van der Waals surface area contributed by atoms with Gasteiger partial charge in [0.05, 0.1) is 4.92 Å². The third kappa shape index (κ3) is 4.84. The number of carbonyl (C=O) groups excluding carboxylic acids is 1. The molecule has 0 atom stereocenters. The molecule has 0 saturated carbocycles. The van der Waals surface area contributed by atoms with Crippen LogP contribution in [0.2, 0.25) is 0 Å². The first-order valence-electron chi connectivity index (χ1n) is 7.75. The maximum Gasteiger partial charge on any atom is 0.269 e. The molecule has 0 aliphatic carbocycles. The standard InChI is InChI=1S/C18H19N3O3S/c1-11(2)13-4-6-14(7-5-13)17(22)20-18(25)19-16-9-8-15(21(23)24)10-12(16)3/h4-11H,1-3H3,(H2,19,20,22,25). The summed E-state index contributed by atoms with van der Waals surface area (Å²) in [5.41, 5.74) is 2.93. The topological polar surface area (TPSA) is 84.3 Å². The highest BCUT2D eigenvalue weighted by Crippen LogP contribution is 2.21. The van der Waals surface area contributed by atoms with Crippen LogP contribution in [0.1, 0.15) is 41.3 Å². The first-order valence-corrected chi connectivity index (χ1v) is 8.16. The van der Waals surface area contributed by atoms with Gasteiger partial charge in [-0.2, -0.15) is 0 Å². The minimum atomic E-state index is -0.461. The van der Waals surface area contributed by atoms with Gasteiger partial charge in [-0.3, -0.25) is 20.2 Å². The van der Waals surface area contributed by atoms with Crippen molar-refractivity contribution in [1.82, 2.24) is 5.32 Å². The molecule has 130 valence electrons. The summed E-state index contributed by atoms with van der Waals surface area (Å²) >= 11 is 5.15. The Morgan fingerprint density at radius 2 is 1.80 bits per heavy atom. The van der Waals surface area contributed by atoms with Crippen molar-refractivity contribution in [3.05, 3.63) is 69.3 Å². The zero-order chi connectivity index (χ0) is 18.6. The van der Waals surface area contributed by atoms with E-state index in [2.05, 4.69) is 24.5 Å². The zero-order valence-corrected chi connectivity index (χ0v) is 15.0. The van der Waals surface area contributed by atoms with E-state index in [-0.39, 0.29) is 16.7 Å². The number of non-ortho nitro benzene ring substituents is 1. The summed E-state index contributed by atoms with van der Waals surface area (Å²) in [5, 5.41) is 16.4. The van der Waals surface area contributed by atoms with Crippen LogP contribution >= 0.6 is 12.2 Å². The van der Waals surface area contributed by atoms with E-state index < -0.39 is 4.92 Å². The third-order valence-corrected chi connectivity index (χ3v) is 3.94. The highest BCUT2D eigenvalue weighted by atomic mass is 32.1. The van der Waals surface area contributed by atoms with Crippen molar-refractivity contribution in [1.29, 1.82) is 0 Å². The summed E-state index contributed by atoms with van der Waals surface area (Å²) in [7, 11) is 0. The van der Waals surface area contributed by atoms with E-state index >= 15 is 0 Å². The Morgan fingerprint density at radius 1 is 1.16 bits per heavy atom. The van der Waals surface area contributed by atoms with E-state index in [1.165, 1.54) is 12.1 Å². The minimum Gasteiger partial charge on any atom is -0.332 e. The lowest BCUT2D eigenvalue weighted by Crippen LogP contribution is -2.34. The van der Waals surface area contributed by atoms with Crippen LogP contribution in [0, 0.1) is 17.0 Å². The molecule has 6 nitrogen and oxygen atoms in total. The second-order valence-corrected chi connectivity index (χ2v) is 6.35. The van der Waals surface area contributed by atoms with Crippen LogP contribution in [-0.2, 0) is 0 Å². The summed E-state index contributed by atoms with van der Waals surface area (Å²) in [6.45, 7) is 5.89. The molecular weight excluding hydrogens is 338 g/mol. The van der Waals surface area contributed by atoms with Gasteiger partial charge in [0.25, 0.3) is 11.6 Å². The van der Waals surface area contributed by atoms with Gasteiger partial charge in [0.1, 0.15) is 0 Å². The van der Waals surface area contributed by atoms with E-state index in [9.17, 15) is 14.9 Å². The molecule has 0 aliphatic rings. The summed E-state index contributed by atoms with van der Waals surface area (Å²) in [5.74, 6) is 0.0809. The van der Waals surface area contributed by atoms with Gasteiger partial charge in [-0.05, 0) is 54.4 Å². The fourth-order valence-electron chi connectivity index (χ4n) is 2.25. The van der Waals surface area contributed by atoms with Crippen molar-refractivity contribution in [3.63, 3.8) is 0 Å². The molecular formula is C18H19N3O3S. The summed E-state index contributed by atoms with van der Waals surface area (Å²) in [4.78, 5) is 22.5. The van der Waals surface area contributed by atoms with Gasteiger partial charge in [-0.25, -0.2) is 0 Å². The van der Waals surface area contributed by atoms with E-state index in [0.29, 0.717) is 22.7 Å². The van der Waals surface area contributed by atoms with Crippen LogP contribution < -0.4 is 10.6 Å². The number of nitrogens with zero attached hydrogens (tertiary/aromatic N) is 1. The molecule has 0 saturated heterocycles. The molecule has 2 aromatic carbocycles. The van der Waals surface area contributed by atoms with Gasteiger partial charge in [0.15, 0.2) is 5.11 Å². The highest BCUT2D eigenvalue weighted by Gasteiger charge is 2.11. The Bertz CT molecular complexity index is 817. The number of nitro benzene ring substituents is 1. The number of nitro groups is 1. The molecule has 0 fully saturated rings. The molecule has 0 aromatic heterocycles. The molecule has 1 amide bonds. The number of amides is 1. The molecule has 0 aliphatic heterocycles. The van der Waals surface area contributed by atoms with Gasteiger partial charge in [0, 0.05) is 23.4 Å². The van der Waals surface area contributed by atoms with Crippen molar-refractivity contribution < 1.29 is 9.72 Å². The van der Waals surface area contributed by atoms with Crippen molar-refractivity contribution in [2.24, 2.45) is 0 Å². The lowest BCUT2D eigenvalue weighted by molar-refractivity contribution is -0.384. The average molecular weight is 357 g/mol. The van der Waals surface area contributed by atoms with Crippen LogP contribution in [0.4, 0.5) is 11.4 Å². The SMILES string of the molecule is Cc1cc([N+](=O)[O-])ccc1NC(=S)NC(=O)c1ccc(C(C)C)cc1. The normalized spacial score (nSPS) is 10.4. The number of anilines is 1. The maximum absolute atomic E-state index is 12.2. The molecule has 0 radical (unpaired) electrons. The first kappa shape index (κ1) is 18.5. The van der Waals surface area contributed by atoms with Gasteiger partial charge >= 0.3 is 0 Å². The van der Waals surface area contributed by atoms with Crippen LogP contribution in [-0.4, -0.2) is 15.9 Å². The molecule has 7 heteroatoms. The molecule has 2 rings (SSSR count). The number of nitrogens with one attached hydrogen (secondary N) is 2. The fraction of sp³-hybridized carbons (Fsp3) is 0.222. The van der Waals surface area contributed by atoms with Gasteiger partial charge in [-0.1, -0.05) is 26.0 Å². The third-order valence-electron chi connectivity index (χ3n) is 3.74. The van der Waals surface area contributed by atoms with Crippen LogP contribution in [0.5, 0.6) is 0 Å². The number of hydrogen-bond acceptors (Lipinski definition) is 4. The molecule has 0 unspecified atom stereocenters. The van der Waals surface area contributed by atoms with Crippen LogP contribution in [0.25, 0.3) is 0 Å². The second kappa shape index (κ2) is 7.85. The van der Waals surface area contributed by atoms with E-state index in [4.69, 9.17) is 12.2 Å². The van der Waals surface area contributed by atoms with Gasteiger partial charge in [-0.15, -0.1) is 0 Å². The molecule has 0 spiro atoms. The zero-order valence-electron chi connectivity index (χ0n) is 14.2. The summed E-state index contributed by atoms with van der Waals surface area (Å²) in [6.07, 6.45) is 0. The molecule has 0 heterocycles. The Kier molecular flexibility index (Phi) is 5.82. The fourth-order valence-corrected chi connectivity index (χ4v) is 2.45. The smallest absolute Gasteiger partial charge is 0.269 e. The Labute approximate surface area is 151 Å². The summed E-state index contributed by atoms with van der Waals surface area (Å²) < 4.78 is 0. The predicted molar refractivity (Wildman–Crippen MR) is 102 cm³/mol. The number of carbonyl (C=O) groups is 1. The van der Waals surface area contributed by atoms with Crippen molar-refractivity contribution in [2.75, 3.05) is 5.32 Å². The number of benzene rings is 2. The lowest BCUT2D eigenvalue weighted by Gasteiger charge is -2.12. The van der Waals surface area contributed by atoms with Gasteiger partial charge in [0.2, 0.25) is 0 Å². The number of hydrogen-bond donors (Lipinski definition) is 2. The van der Waals surface area contributed by atoms with Crippen molar-refractivity contribution >= 4 is 34.6 Å². The van der Waals surface area contributed by atoms with Crippen molar-refractivity contribution in [3.8, 4) is 0 Å². The number of thiocarbonyl (C=S) groups is 1. The largest absolute Gasteiger partial charge is 0.332 e. The quantitative estimate of drug-likeness (QED) is 0.488. The Balaban J connectivity index is 2.02. The average Bonchev–Trinajstić information content (AvgIpc) is 2.56. The first-order chi connectivity index (χ1) is 11.8. The molecule has 0 bridgehead atoms. The van der Waals surface area contributed by atoms with Gasteiger partial charge < -0.3 is 5.32 Å². The molecule has 25 heavy (non-hydrogen) atoms. The monoisotopic (exact) mass is 357 g/mol. The predicted octanol–water partition coefficient (Wildman–Crippen LogP) is 4.15. The van der Waals surface area contributed by atoms with E-state index in [1.54, 1.807) is 25.1 Å². The Morgan fingerprint density at radius 3 is 2.32 bits per heavy atom. The maximum atomic E-state index is 12.2. The number of rotatable bonds is 4. The summed E-state index contributed by atoms with van der Waals surface area (Å²) in [6, 6.07) is 11.7. The Hall–Kier alpha value is -2.80.